The predicted octanol–water partition coefficient (Wildman–Crippen LogP) is 3.88. The quantitative estimate of drug-likeness (QED) is 0.724. The number of aryl methyl sites for hydroxylation is 4. The Balaban J connectivity index is 2.23. The maximum atomic E-state index is 8.96. The first-order chi connectivity index (χ1) is 17.8. The van der Waals surface area contributed by atoms with Gasteiger partial charge in [0.25, 0.3) is 0 Å². The Morgan fingerprint density at radius 2 is 2.29 bits per heavy atom. The van der Waals surface area contributed by atoms with Crippen LogP contribution in [-0.4, -0.2) is 27.9 Å². The molecule has 1 aliphatic rings. The summed E-state index contributed by atoms with van der Waals surface area (Å²) in [7, 11) is 0. The van der Waals surface area contributed by atoms with Crippen LogP contribution in [0, 0.1) is 13.8 Å². The van der Waals surface area contributed by atoms with Crippen molar-refractivity contribution in [3.8, 4) is 0 Å². The summed E-state index contributed by atoms with van der Waals surface area (Å²) in [4.78, 5) is 3.73. The van der Waals surface area contributed by atoms with E-state index in [2.05, 4.69) is 4.98 Å². The minimum absolute atomic E-state index is 0.260. The highest BCUT2D eigenvalue weighted by molar-refractivity contribution is 5.86. The van der Waals surface area contributed by atoms with Crippen molar-refractivity contribution in [1.29, 1.82) is 0 Å². The molecule has 1 aromatic carbocycles. The van der Waals surface area contributed by atoms with E-state index in [-0.39, 0.29) is 21.5 Å². The normalized spacial score (nSPS) is 33.4. The highest BCUT2D eigenvalue weighted by atomic mass is 15.1. The maximum Gasteiger partial charge on any atom is 0.0501 e. The Hall–Kier alpha value is -2.13. The van der Waals surface area contributed by atoms with Crippen LogP contribution in [0.1, 0.15) is 50.0 Å². The zero-order valence-electron chi connectivity index (χ0n) is 28.8. The Bertz CT molecular complexity index is 1460. The third kappa shape index (κ3) is 2.73. The van der Waals surface area contributed by atoms with E-state index in [4.69, 9.17) is 21.9 Å². The van der Waals surface area contributed by atoms with E-state index in [1.165, 1.54) is 12.1 Å². The molecule has 0 fully saturated rings. The van der Waals surface area contributed by atoms with E-state index in [1.54, 1.807) is 6.92 Å². The maximum absolute atomic E-state index is 8.96. The summed E-state index contributed by atoms with van der Waals surface area (Å²) >= 11 is 0. The average molecular weight is 336 g/mol. The zero-order chi connectivity index (χ0) is 30.6. The molecule has 2 aromatic heterocycles. The van der Waals surface area contributed by atoms with E-state index in [9.17, 15) is 0 Å². The molecule has 3 aromatic rings. The summed E-state index contributed by atoms with van der Waals surface area (Å²) in [5.74, 6) is 0. The van der Waals surface area contributed by atoms with Crippen LogP contribution in [-0.2, 0) is 25.7 Å². The number of hydrogen-bond acceptors (Lipinski definition) is 2. The van der Waals surface area contributed by atoms with Gasteiger partial charge in [0.2, 0.25) is 0 Å². The summed E-state index contributed by atoms with van der Waals surface area (Å²) in [5, 5.41) is -0.399. The first-order valence-corrected chi connectivity index (χ1v) is 7.26. The van der Waals surface area contributed by atoms with Gasteiger partial charge in [0.1, 0.15) is 0 Å². The van der Waals surface area contributed by atoms with E-state index < -0.39 is 62.7 Å². The van der Waals surface area contributed by atoms with Crippen LogP contribution in [0.4, 0.5) is 0 Å². The monoisotopic (exact) mass is 335 g/mol. The fourth-order valence-electron chi connectivity index (χ4n) is 2.55. The molecule has 0 amide bonds. The lowest BCUT2D eigenvalue weighted by Crippen LogP contribution is -2.27. The van der Waals surface area contributed by atoms with Crippen LogP contribution in [0.3, 0.4) is 0 Å². The predicted molar refractivity (Wildman–Crippen MR) is 99.4 cm³/mol. The van der Waals surface area contributed by atoms with Crippen molar-refractivity contribution in [3.05, 3.63) is 64.6 Å². The van der Waals surface area contributed by atoms with Crippen molar-refractivity contribution in [1.82, 2.24) is 14.5 Å². The zero-order valence-corrected chi connectivity index (χ0v) is 12.8. The molecule has 0 aliphatic carbocycles. The minimum Gasteiger partial charge on any atom is -0.344 e. The van der Waals surface area contributed by atoms with Gasteiger partial charge < -0.3 is 9.47 Å². The molecule has 24 heavy (non-hydrogen) atoms. The summed E-state index contributed by atoms with van der Waals surface area (Å²) in [6.45, 7) is -14.9. The molecular formula is C21H25N3. The number of rotatable bonds is 3. The highest BCUT2D eigenvalue weighted by Gasteiger charge is 2.22. The Kier molecular flexibility index (Phi) is 1.44. The smallest absolute Gasteiger partial charge is 0.0501 e. The van der Waals surface area contributed by atoms with Gasteiger partial charge in [0, 0.05) is 73.5 Å². The number of pyridine rings is 1. The Morgan fingerprint density at radius 3 is 3.08 bits per heavy atom. The van der Waals surface area contributed by atoms with E-state index in [1.807, 2.05) is 0 Å². The van der Waals surface area contributed by atoms with Crippen LogP contribution < -0.4 is 0 Å². The number of hydrogen-bond donors (Lipinski definition) is 0. The molecule has 0 bridgehead atoms. The van der Waals surface area contributed by atoms with Gasteiger partial charge in [-0.15, -0.1) is 0 Å². The topological polar surface area (TPSA) is 21.1 Å². The molecule has 0 unspecified atom stereocenters. The van der Waals surface area contributed by atoms with Gasteiger partial charge in [-0.05, 0) is 56.5 Å². The number of fused-ring (bicyclic) bond motifs is 3. The third-order valence-corrected chi connectivity index (χ3v) is 3.70. The summed E-state index contributed by atoms with van der Waals surface area (Å²) in [6, 6.07) is 5.77. The summed E-state index contributed by atoms with van der Waals surface area (Å²) < 4.78 is 135. The van der Waals surface area contributed by atoms with Crippen molar-refractivity contribution in [2.45, 2.75) is 39.5 Å². The first kappa shape index (κ1) is 5.70. The first-order valence-electron chi connectivity index (χ1n) is 15.3. The molecule has 0 saturated carbocycles. The van der Waals surface area contributed by atoms with Crippen molar-refractivity contribution >= 4 is 10.9 Å². The second-order valence-electron chi connectivity index (χ2n) is 5.40. The number of benzene rings is 1. The molecule has 124 valence electrons. The lowest BCUT2D eigenvalue weighted by atomic mass is 10.0. The van der Waals surface area contributed by atoms with Crippen LogP contribution in [0.2, 0.25) is 0 Å². The summed E-state index contributed by atoms with van der Waals surface area (Å²) in [6.07, 6.45) is -5.34. The van der Waals surface area contributed by atoms with E-state index in [0.29, 0.717) is 10.3 Å². The van der Waals surface area contributed by atoms with Crippen molar-refractivity contribution < 1.29 is 21.9 Å². The van der Waals surface area contributed by atoms with Crippen molar-refractivity contribution in [3.63, 3.8) is 0 Å². The standard InChI is InChI=1S/C21H25N3/c1-15-4-7-20-18(12-15)19-14-23(3)10-9-21(19)24(20)11-8-17-6-5-16(2)22-13-17/h4-7,12-13H,8-11,14H2,1-3H3/i1D3,3D3,8D2,9D2,10D2,11D2,14D2. The van der Waals surface area contributed by atoms with Crippen LogP contribution in [0.5, 0.6) is 0 Å². The fourth-order valence-corrected chi connectivity index (χ4v) is 2.55. The second kappa shape index (κ2) is 6.06. The molecule has 0 radical (unpaired) electrons. The molecule has 0 saturated heterocycles. The lowest BCUT2D eigenvalue weighted by molar-refractivity contribution is 0.309. The van der Waals surface area contributed by atoms with Crippen molar-refractivity contribution in [2.24, 2.45) is 0 Å². The Morgan fingerprint density at radius 1 is 1.33 bits per heavy atom. The second-order valence-corrected chi connectivity index (χ2v) is 5.40. The van der Waals surface area contributed by atoms with Gasteiger partial charge in [0.15, 0.2) is 0 Å². The molecule has 1 aliphatic heterocycles. The highest BCUT2D eigenvalue weighted by Crippen LogP contribution is 2.31. The molecule has 3 heteroatoms. The van der Waals surface area contributed by atoms with E-state index >= 15 is 0 Å². The average Bonchev–Trinajstić information content (AvgIpc) is 3.13. The number of nitrogens with zero attached hydrogens (tertiary/aromatic N) is 3. The molecular weight excluding hydrogens is 294 g/mol. The fraction of sp³-hybridized carbons (Fsp3) is 0.381. The molecule has 4 rings (SSSR count). The summed E-state index contributed by atoms with van der Waals surface area (Å²) in [5.41, 5.74) is -2.27. The SMILES string of the molecule is [2H]C([2H])([2H])c1ccc2c(c1)c1c(n2C([2H])([2H])C([2H])([2H])c2ccc(C)nc2)C([2H])([2H])C([2H])([2H])N(C([2H])([2H])[2H])C1([2H])[2H]. The van der Waals surface area contributed by atoms with Gasteiger partial charge in [-0.3, -0.25) is 4.98 Å². The molecule has 3 nitrogen and oxygen atoms in total. The lowest BCUT2D eigenvalue weighted by Gasteiger charge is -2.24. The molecule has 0 N–H and O–H groups in total. The van der Waals surface area contributed by atoms with Crippen LogP contribution in [0.25, 0.3) is 10.9 Å². The molecule has 0 spiro atoms. The van der Waals surface area contributed by atoms with Crippen LogP contribution in [0.15, 0.2) is 36.5 Å². The van der Waals surface area contributed by atoms with Gasteiger partial charge in [-0.25, -0.2) is 0 Å². The van der Waals surface area contributed by atoms with Gasteiger partial charge >= 0.3 is 0 Å². The Labute approximate surface area is 166 Å². The van der Waals surface area contributed by atoms with Gasteiger partial charge in [-0.2, -0.15) is 0 Å². The number of aromatic nitrogens is 2. The van der Waals surface area contributed by atoms with E-state index in [0.717, 1.165) is 24.4 Å². The van der Waals surface area contributed by atoms with Gasteiger partial charge in [-0.1, -0.05) is 17.7 Å². The largest absolute Gasteiger partial charge is 0.344 e. The number of likely N-dealkylation sites (N-methyl/N-ethyl adjacent to an activating group) is 1. The van der Waals surface area contributed by atoms with Crippen LogP contribution >= 0.6 is 0 Å². The molecule has 3 heterocycles. The molecule has 0 atom stereocenters. The van der Waals surface area contributed by atoms with Gasteiger partial charge in [0.05, 0.1) is 2.74 Å². The minimum atomic E-state index is -3.61. The third-order valence-electron chi connectivity index (χ3n) is 3.70. The van der Waals surface area contributed by atoms with Crippen molar-refractivity contribution in [2.75, 3.05) is 13.5 Å².